The molecule has 1 amide bonds. The zero-order chi connectivity index (χ0) is 21.8. The first-order valence-corrected chi connectivity index (χ1v) is 9.50. The van der Waals surface area contributed by atoms with Gasteiger partial charge in [0.1, 0.15) is 11.4 Å². The largest absolute Gasteiger partial charge is 0.495 e. The minimum absolute atomic E-state index is 0.00386. The first-order valence-electron chi connectivity index (χ1n) is 9.50. The Morgan fingerprint density at radius 2 is 1.90 bits per heavy atom. The van der Waals surface area contributed by atoms with Crippen LogP contribution in [0.5, 0.6) is 5.75 Å². The van der Waals surface area contributed by atoms with Crippen LogP contribution in [0, 0.1) is 17.0 Å². The van der Waals surface area contributed by atoms with Gasteiger partial charge in [-0.2, -0.15) is 0 Å². The van der Waals surface area contributed by atoms with Crippen molar-refractivity contribution in [3.63, 3.8) is 0 Å². The van der Waals surface area contributed by atoms with E-state index < -0.39 is 22.9 Å². The van der Waals surface area contributed by atoms with E-state index in [1.165, 1.54) is 26.2 Å². The van der Waals surface area contributed by atoms with Crippen LogP contribution in [-0.4, -0.2) is 36.1 Å². The van der Waals surface area contributed by atoms with Gasteiger partial charge in [-0.1, -0.05) is 6.07 Å². The molecular weight excluding hydrogens is 390 g/mol. The summed E-state index contributed by atoms with van der Waals surface area (Å²) in [5.74, 6) is -0.898. The van der Waals surface area contributed by atoms with Crippen molar-refractivity contribution >= 4 is 28.9 Å². The lowest BCUT2D eigenvalue weighted by molar-refractivity contribution is -0.384. The Kier molecular flexibility index (Phi) is 6.20. The van der Waals surface area contributed by atoms with E-state index in [0.29, 0.717) is 17.1 Å². The molecule has 0 aromatic heterocycles. The van der Waals surface area contributed by atoms with E-state index >= 15 is 0 Å². The zero-order valence-electron chi connectivity index (χ0n) is 16.9. The highest BCUT2D eigenvalue weighted by molar-refractivity contribution is 5.98. The number of hydrogen-bond donors (Lipinski definition) is 2. The third-order valence-corrected chi connectivity index (χ3v) is 4.63. The fraction of sp³-hybridized carbons (Fsp3) is 0.333. The summed E-state index contributed by atoms with van der Waals surface area (Å²) in [6.45, 7) is 3.29. The average molecular weight is 413 g/mol. The Balaban J connectivity index is 1.69. The van der Waals surface area contributed by atoms with E-state index in [0.717, 1.165) is 24.5 Å². The molecule has 2 N–H and O–H groups in total. The van der Waals surface area contributed by atoms with Gasteiger partial charge in [0.15, 0.2) is 6.10 Å². The van der Waals surface area contributed by atoms with Gasteiger partial charge in [0, 0.05) is 12.1 Å². The van der Waals surface area contributed by atoms with E-state index in [9.17, 15) is 19.7 Å². The first-order chi connectivity index (χ1) is 14.3. The molecular formula is C21H23N3O6. The number of esters is 1. The molecule has 3 rings (SSSR count). The van der Waals surface area contributed by atoms with Crippen molar-refractivity contribution in [3.8, 4) is 5.75 Å². The number of ether oxygens (including phenoxy) is 2. The highest BCUT2D eigenvalue weighted by Gasteiger charge is 2.27. The van der Waals surface area contributed by atoms with Crippen molar-refractivity contribution in [1.29, 1.82) is 0 Å². The number of benzene rings is 2. The number of nitrogens with zero attached hydrogens (tertiary/aromatic N) is 1. The number of nitro groups is 1. The molecule has 0 saturated heterocycles. The van der Waals surface area contributed by atoms with Crippen LogP contribution >= 0.6 is 0 Å². The maximum atomic E-state index is 12.5. The van der Waals surface area contributed by atoms with Gasteiger partial charge in [-0.25, -0.2) is 4.79 Å². The molecule has 1 saturated carbocycles. The number of carbonyl (C=O) groups is 2. The van der Waals surface area contributed by atoms with Crippen molar-refractivity contribution < 1.29 is 24.0 Å². The van der Waals surface area contributed by atoms with Gasteiger partial charge >= 0.3 is 5.97 Å². The molecule has 0 spiro atoms. The first kappa shape index (κ1) is 21.1. The summed E-state index contributed by atoms with van der Waals surface area (Å²) in [5, 5.41) is 17.1. The summed E-state index contributed by atoms with van der Waals surface area (Å²) >= 11 is 0. The lowest BCUT2D eigenvalue weighted by atomic mass is 10.1. The van der Waals surface area contributed by atoms with Crippen LogP contribution in [0.4, 0.5) is 17.1 Å². The monoisotopic (exact) mass is 413 g/mol. The Labute approximate surface area is 173 Å². The second-order valence-electron chi connectivity index (χ2n) is 7.15. The number of nitro benzene ring substituents is 1. The van der Waals surface area contributed by atoms with Crippen LogP contribution in [0.3, 0.4) is 0 Å². The van der Waals surface area contributed by atoms with Crippen LogP contribution in [0.1, 0.15) is 35.7 Å². The van der Waals surface area contributed by atoms with Crippen molar-refractivity contribution in [3.05, 3.63) is 57.6 Å². The van der Waals surface area contributed by atoms with Gasteiger partial charge in [-0.15, -0.1) is 0 Å². The van der Waals surface area contributed by atoms with Crippen molar-refractivity contribution in [2.45, 2.75) is 38.8 Å². The zero-order valence-corrected chi connectivity index (χ0v) is 16.9. The van der Waals surface area contributed by atoms with Crippen molar-refractivity contribution in [2.75, 3.05) is 17.7 Å². The topological polar surface area (TPSA) is 120 Å². The smallest absolute Gasteiger partial charge is 0.339 e. The van der Waals surface area contributed by atoms with Gasteiger partial charge in [-0.05, 0) is 56.5 Å². The standard InChI is InChI=1S/C21H23N3O6/c1-12-4-9-19(29-3)17(10-12)23-20(25)13(2)30-21(26)14-5-8-16(22-15-6-7-15)18(11-14)24(27)28/h4-5,8-11,13,15,22H,6-7H2,1-3H3,(H,23,25)/t13-/m0/s1. The summed E-state index contributed by atoms with van der Waals surface area (Å²) < 4.78 is 10.4. The predicted molar refractivity (Wildman–Crippen MR) is 111 cm³/mol. The molecule has 2 aromatic carbocycles. The maximum absolute atomic E-state index is 12.5. The minimum Gasteiger partial charge on any atom is -0.495 e. The summed E-state index contributed by atoms with van der Waals surface area (Å²) in [7, 11) is 1.48. The number of rotatable bonds is 8. The number of carbonyl (C=O) groups excluding carboxylic acids is 2. The Morgan fingerprint density at radius 1 is 1.17 bits per heavy atom. The maximum Gasteiger partial charge on any atom is 0.339 e. The van der Waals surface area contributed by atoms with E-state index in [-0.39, 0.29) is 17.3 Å². The van der Waals surface area contributed by atoms with Crippen LogP contribution in [0.15, 0.2) is 36.4 Å². The van der Waals surface area contributed by atoms with Gasteiger partial charge in [0.2, 0.25) is 0 Å². The van der Waals surface area contributed by atoms with E-state index in [1.807, 2.05) is 13.0 Å². The SMILES string of the molecule is COc1ccc(C)cc1NC(=O)[C@H](C)OC(=O)c1ccc(NC2CC2)c([N+](=O)[O-])c1. The Morgan fingerprint density at radius 3 is 2.53 bits per heavy atom. The number of methoxy groups -OCH3 is 1. The molecule has 30 heavy (non-hydrogen) atoms. The molecule has 9 heteroatoms. The Bertz CT molecular complexity index is 987. The number of nitrogens with one attached hydrogen (secondary N) is 2. The van der Waals surface area contributed by atoms with Gasteiger partial charge in [-0.3, -0.25) is 14.9 Å². The minimum atomic E-state index is -1.12. The summed E-state index contributed by atoms with van der Waals surface area (Å²) in [6.07, 6.45) is 0.796. The quantitative estimate of drug-likeness (QED) is 0.385. The van der Waals surface area contributed by atoms with Gasteiger partial charge in [0.05, 0.1) is 23.3 Å². The molecule has 0 unspecified atom stereocenters. The lowest BCUT2D eigenvalue weighted by Gasteiger charge is -2.16. The van der Waals surface area contributed by atoms with E-state index in [1.54, 1.807) is 12.1 Å². The van der Waals surface area contributed by atoms with Crippen LogP contribution in [0.2, 0.25) is 0 Å². The summed E-state index contributed by atoms with van der Waals surface area (Å²) in [6, 6.07) is 9.60. The second-order valence-corrected chi connectivity index (χ2v) is 7.15. The molecule has 9 nitrogen and oxygen atoms in total. The molecule has 2 aromatic rings. The number of hydrogen-bond acceptors (Lipinski definition) is 7. The normalized spacial score (nSPS) is 13.8. The molecule has 0 heterocycles. The summed E-state index contributed by atoms with van der Waals surface area (Å²) in [4.78, 5) is 35.7. The third-order valence-electron chi connectivity index (χ3n) is 4.63. The van der Waals surface area contributed by atoms with E-state index in [4.69, 9.17) is 9.47 Å². The molecule has 1 fully saturated rings. The average Bonchev–Trinajstić information content (AvgIpc) is 3.52. The second kappa shape index (κ2) is 8.81. The van der Waals surface area contributed by atoms with Crippen LogP contribution in [-0.2, 0) is 9.53 Å². The highest BCUT2D eigenvalue weighted by Crippen LogP contribution is 2.32. The van der Waals surface area contributed by atoms with E-state index in [2.05, 4.69) is 10.6 Å². The number of amides is 1. The molecule has 0 aliphatic heterocycles. The fourth-order valence-corrected chi connectivity index (χ4v) is 2.82. The molecule has 0 bridgehead atoms. The Hall–Kier alpha value is -3.62. The fourth-order valence-electron chi connectivity index (χ4n) is 2.82. The lowest BCUT2D eigenvalue weighted by Crippen LogP contribution is -2.30. The summed E-state index contributed by atoms with van der Waals surface area (Å²) in [5.41, 5.74) is 1.52. The molecule has 1 aliphatic carbocycles. The molecule has 0 radical (unpaired) electrons. The van der Waals surface area contributed by atoms with Gasteiger partial charge in [0.25, 0.3) is 11.6 Å². The molecule has 158 valence electrons. The predicted octanol–water partition coefficient (Wildman–Crippen LogP) is 3.67. The highest BCUT2D eigenvalue weighted by atomic mass is 16.6. The molecule has 1 atom stereocenters. The van der Waals surface area contributed by atoms with Crippen LogP contribution in [0.25, 0.3) is 0 Å². The van der Waals surface area contributed by atoms with Gasteiger partial charge < -0.3 is 20.1 Å². The van der Waals surface area contributed by atoms with Crippen LogP contribution < -0.4 is 15.4 Å². The van der Waals surface area contributed by atoms with Crippen molar-refractivity contribution in [2.24, 2.45) is 0 Å². The number of anilines is 2. The van der Waals surface area contributed by atoms with Crippen molar-refractivity contribution in [1.82, 2.24) is 0 Å². The third kappa shape index (κ3) is 5.05. The number of aryl methyl sites for hydroxylation is 1. The molecule has 1 aliphatic rings.